The Labute approximate surface area is 292 Å². The first-order valence-corrected chi connectivity index (χ1v) is 17.3. The topological polar surface area (TPSA) is 177 Å². The lowest BCUT2D eigenvalue weighted by atomic mass is 9.99. The van der Waals surface area contributed by atoms with Gasteiger partial charge in [-0.05, 0) is 41.8 Å². The summed E-state index contributed by atoms with van der Waals surface area (Å²) in [6.45, 7) is 3.06. The molecular weight excluding hydrogens is 654 g/mol. The number of hydrogen-bond donors (Lipinski definition) is 0. The van der Waals surface area contributed by atoms with Gasteiger partial charge in [0.15, 0.2) is 0 Å². The fourth-order valence-corrected chi connectivity index (χ4v) is 7.30. The Morgan fingerprint density at radius 3 is 1.61 bits per heavy atom. The maximum absolute atomic E-state index is 12.2. The monoisotopic (exact) mass is 691 g/mol. The lowest BCUT2D eigenvalue weighted by Crippen LogP contribution is -1.99. The average Bonchev–Trinajstić information content (AvgIpc) is 3.59. The number of rotatable bonds is 16. The third-order valence-electron chi connectivity index (χ3n) is 9.69. The minimum atomic E-state index is -0.834. The number of nitro groups is 4. The van der Waals surface area contributed by atoms with E-state index in [9.17, 15) is 40.5 Å². The number of benzene rings is 4. The molecule has 0 saturated heterocycles. The van der Waals surface area contributed by atoms with Crippen LogP contribution in [0.2, 0.25) is 0 Å². The van der Waals surface area contributed by atoms with Gasteiger partial charge in [-0.15, -0.1) is 0 Å². The molecule has 6 rings (SSSR count). The summed E-state index contributed by atoms with van der Waals surface area (Å²) < 4.78 is 2.30. The second-order valence-corrected chi connectivity index (χ2v) is 13.0. The largest absolute Gasteiger partial charge is 0.340 e. The summed E-state index contributed by atoms with van der Waals surface area (Å²) in [5, 5.41) is 50.1. The number of nitrogens with zero attached hydrogens (tertiary/aromatic N) is 5. The summed E-state index contributed by atoms with van der Waals surface area (Å²) in [4.78, 5) is 44.9. The Balaban J connectivity index is 1.40. The Bertz CT molecular complexity index is 2160. The Morgan fingerprint density at radius 2 is 1.08 bits per heavy atom. The minimum absolute atomic E-state index is 0.0120. The van der Waals surface area contributed by atoms with E-state index < -0.39 is 42.4 Å². The zero-order valence-electron chi connectivity index (χ0n) is 28.2. The molecule has 1 aliphatic carbocycles. The van der Waals surface area contributed by atoms with Crippen LogP contribution >= 0.6 is 0 Å². The van der Waals surface area contributed by atoms with Gasteiger partial charge in [-0.3, -0.25) is 40.5 Å². The van der Waals surface area contributed by atoms with E-state index in [1.54, 1.807) is 6.08 Å². The predicted molar refractivity (Wildman–Crippen MR) is 197 cm³/mol. The van der Waals surface area contributed by atoms with Gasteiger partial charge < -0.3 is 4.57 Å². The number of fused-ring (bicyclic) bond motifs is 6. The summed E-state index contributed by atoms with van der Waals surface area (Å²) in [6, 6.07) is 17.6. The van der Waals surface area contributed by atoms with Crippen LogP contribution < -0.4 is 0 Å². The number of hydrogen-bond acceptors (Lipinski definition) is 8. The van der Waals surface area contributed by atoms with Gasteiger partial charge in [-0.2, -0.15) is 0 Å². The van der Waals surface area contributed by atoms with E-state index in [0.717, 1.165) is 65.5 Å². The SMILES string of the molecule is CCCCCCCCCCCCn1c2ccccc2c2cc(C=C3c4cc([N+](=O)[O-])cc([N+](=O)[O-])c4-c4c3cc([N+](=O)[O-])cc4[N+](=O)[O-])ccc21. The number of unbranched alkanes of at least 4 members (excludes halogenated alkanes) is 9. The second-order valence-electron chi connectivity index (χ2n) is 13.0. The molecule has 0 fully saturated rings. The molecule has 0 amide bonds. The molecule has 4 aromatic carbocycles. The van der Waals surface area contributed by atoms with Crippen molar-refractivity contribution in [3.05, 3.63) is 124 Å². The highest BCUT2D eigenvalue weighted by atomic mass is 16.6. The van der Waals surface area contributed by atoms with E-state index in [-0.39, 0.29) is 27.8 Å². The van der Waals surface area contributed by atoms with Crippen LogP contribution in [0.15, 0.2) is 66.7 Å². The van der Waals surface area contributed by atoms with Crippen molar-refractivity contribution in [1.29, 1.82) is 0 Å². The van der Waals surface area contributed by atoms with E-state index in [1.807, 2.05) is 36.4 Å². The third-order valence-corrected chi connectivity index (χ3v) is 9.69. The molecule has 13 nitrogen and oxygen atoms in total. The van der Waals surface area contributed by atoms with Crippen LogP contribution in [0, 0.1) is 40.5 Å². The molecule has 0 unspecified atom stereocenters. The highest BCUT2D eigenvalue weighted by Gasteiger charge is 2.40. The van der Waals surface area contributed by atoms with Crippen molar-refractivity contribution in [3.8, 4) is 11.1 Å². The molecule has 0 atom stereocenters. The summed E-state index contributed by atoms with van der Waals surface area (Å²) in [7, 11) is 0. The van der Waals surface area contributed by atoms with Crippen LogP contribution in [0.5, 0.6) is 0 Å². The number of para-hydroxylation sites is 1. The van der Waals surface area contributed by atoms with Crippen molar-refractivity contribution in [2.75, 3.05) is 0 Å². The Kier molecular flexibility index (Phi) is 10.2. The lowest BCUT2D eigenvalue weighted by Gasteiger charge is -2.08. The van der Waals surface area contributed by atoms with Gasteiger partial charge in [0.2, 0.25) is 0 Å². The van der Waals surface area contributed by atoms with E-state index in [1.165, 1.54) is 51.4 Å². The van der Waals surface area contributed by atoms with Crippen molar-refractivity contribution in [2.45, 2.75) is 77.7 Å². The molecular formula is C38H37N5O8. The quantitative estimate of drug-likeness (QED) is 0.0546. The van der Waals surface area contributed by atoms with Crippen molar-refractivity contribution in [2.24, 2.45) is 0 Å². The molecule has 0 aliphatic heterocycles. The lowest BCUT2D eigenvalue weighted by molar-refractivity contribution is -0.395. The van der Waals surface area contributed by atoms with Gasteiger partial charge in [-0.1, -0.05) is 89.0 Å². The van der Waals surface area contributed by atoms with Crippen LogP contribution in [0.4, 0.5) is 22.7 Å². The summed E-state index contributed by atoms with van der Waals surface area (Å²) in [5.74, 6) is 0. The molecule has 262 valence electrons. The molecule has 0 saturated carbocycles. The van der Waals surface area contributed by atoms with E-state index in [4.69, 9.17) is 0 Å². The summed E-state index contributed by atoms with van der Waals surface area (Å²) in [5.41, 5.74) is -0.0581. The van der Waals surface area contributed by atoms with Crippen molar-refractivity contribution in [3.63, 3.8) is 0 Å². The highest BCUT2D eigenvalue weighted by Crippen LogP contribution is 2.55. The number of non-ortho nitro benzene ring substituents is 2. The Morgan fingerprint density at radius 1 is 0.569 bits per heavy atom. The van der Waals surface area contributed by atoms with Crippen LogP contribution in [0.25, 0.3) is 44.6 Å². The molecule has 0 spiro atoms. The highest BCUT2D eigenvalue weighted by molar-refractivity contribution is 6.13. The first kappa shape index (κ1) is 34.9. The standard InChI is InChI=1S/C38H37N5O8/c1-2-3-4-5-6-7-8-9-10-13-18-39-33-15-12-11-14-28(33)30-20-25(16-17-34(30)39)19-29-31-21-26(40(44)45)23-35(42(48)49)37(31)38-32(29)22-27(41(46)47)24-36(38)43(50)51/h11-12,14-17,19-24H,2-10,13,18H2,1H3. The van der Waals surface area contributed by atoms with Gasteiger partial charge in [0.25, 0.3) is 22.7 Å². The maximum Gasteiger partial charge on any atom is 0.284 e. The fourth-order valence-electron chi connectivity index (χ4n) is 7.30. The molecule has 0 bridgehead atoms. The normalized spacial score (nSPS) is 11.9. The molecule has 0 radical (unpaired) electrons. The number of aryl methyl sites for hydroxylation is 1. The molecule has 5 aromatic rings. The number of aromatic nitrogens is 1. The molecule has 51 heavy (non-hydrogen) atoms. The van der Waals surface area contributed by atoms with Crippen LogP contribution in [0.3, 0.4) is 0 Å². The zero-order valence-corrected chi connectivity index (χ0v) is 28.2. The maximum atomic E-state index is 12.2. The average molecular weight is 692 g/mol. The van der Waals surface area contributed by atoms with Crippen LogP contribution in [0.1, 0.15) is 87.8 Å². The van der Waals surface area contributed by atoms with Gasteiger partial charge in [0.1, 0.15) is 0 Å². The zero-order chi connectivity index (χ0) is 36.2. The molecule has 1 aromatic heterocycles. The van der Waals surface area contributed by atoms with Gasteiger partial charge in [0.05, 0.1) is 43.0 Å². The predicted octanol–water partition coefficient (Wildman–Crippen LogP) is 10.9. The van der Waals surface area contributed by atoms with Crippen molar-refractivity contribution >= 4 is 56.2 Å². The Hall–Kier alpha value is -5.98. The first-order chi connectivity index (χ1) is 24.6. The van der Waals surface area contributed by atoms with Crippen LogP contribution in [-0.2, 0) is 6.54 Å². The first-order valence-electron chi connectivity index (χ1n) is 17.3. The van der Waals surface area contributed by atoms with E-state index in [0.29, 0.717) is 5.56 Å². The summed E-state index contributed by atoms with van der Waals surface area (Å²) in [6.07, 6.45) is 14.0. The second kappa shape index (κ2) is 14.9. The van der Waals surface area contributed by atoms with Crippen molar-refractivity contribution < 1.29 is 19.7 Å². The minimum Gasteiger partial charge on any atom is -0.340 e. The molecule has 1 heterocycles. The van der Waals surface area contributed by atoms with Gasteiger partial charge in [0, 0.05) is 51.6 Å². The van der Waals surface area contributed by atoms with Crippen molar-refractivity contribution in [1.82, 2.24) is 4.57 Å². The molecule has 0 N–H and O–H groups in total. The van der Waals surface area contributed by atoms with E-state index >= 15 is 0 Å². The van der Waals surface area contributed by atoms with Gasteiger partial charge >= 0.3 is 0 Å². The van der Waals surface area contributed by atoms with Gasteiger partial charge in [-0.25, -0.2) is 0 Å². The smallest absolute Gasteiger partial charge is 0.284 e. The van der Waals surface area contributed by atoms with Crippen LogP contribution in [-0.4, -0.2) is 24.3 Å². The molecule has 13 heteroatoms. The summed E-state index contributed by atoms with van der Waals surface area (Å²) >= 11 is 0. The third kappa shape index (κ3) is 6.91. The van der Waals surface area contributed by atoms with E-state index in [2.05, 4.69) is 17.6 Å². The molecule has 1 aliphatic rings. The number of nitro benzene ring substituents is 4. The fraction of sp³-hybridized carbons (Fsp3) is 0.316.